The minimum atomic E-state index is -0.0977. The molecule has 0 spiro atoms. The van der Waals surface area contributed by atoms with Gasteiger partial charge in [-0.2, -0.15) is 0 Å². The van der Waals surface area contributed by atoms with Crippen LogP contribution in [0.15, 0.2) is 18.3 Å². The summed E-state index contributed by atoms with van der Waals surface area (Å²) in [5, 5.41) is 5.12. The molecule has 1 saturated heterocycles. The Morgan fingerprint density at radius 2 is 2.11 bits per heavy atom. The summed E-state index contributed by atoms with van der Waals surface area (Å²) < 4.78 is 0. The summed E-state index contributed by atoms with van der Waals surface area (Å²) in [5.74, 6) is 0.107. The maximum absolute atomic E-state index is 12.5. The van der Waals surface area contributed by atoms with Gasteiger partial charge in [-0.1, -0.05) is 29.6 Å². The molecule has 0 amide bonds. The normalized spacial score (nSPS) is 19.8. The second-order valence-corrected chi connectivity index (χ2v) is 5.72. The Morgan fingerprint density at radius 3 is 2.84 bits per heavy atom. The Hall–Kier alpha value is -1.03. The van der Waals surface area contributed by atoms with Gasteiger partial charge in [0.05, 0.1) is 11.1 Å². The van der Waals surface area contributed by atoms with Gasteiger partial charge < -0.3 is 10.3 Å². The van der Waals surface area contributed by atoms with E-state index < -0.39 is 0 Å². The maximum Gasteiger partial charge on any atom is 0.181 e. The highest BCUT2D eigenvalue weighted by Crippen LogP contribution is 2.31. The molecular weight excluding hydrogens is 283 g/mol. The fourth-order valence-corrected chi connectivity index (χ4v) is 3.24. The van der Waals surface area contributed by atoms with E-state index in [1.165, 1.54) is 0 Å². The molecule has 2 heterocycles. The third kappa shape index (κ3) is 2.38. The minimum absolute atomic E-state index is 0.0977. The van der Waals surface area contributed by atoms with Crippen molar-refractivity contribution in [2.45, 2.75) is 25.3 Å². The molecule has 3 rings (SSSR count). The van der Waals surface area contributed by atoms with Gasteiger partial charge in [0.25, 0.3) is 0 Å². The van der Waals surface area contributed by atoms with Crippen LogP contribution in [-0.2, 0) is 0 Å². The van der Waals surface area contributed by atoms with Gasteiger partial charge in [-0.3, -0.25) is 4.79 Å². The monoisotopic (exact) mass is 296 g/mol. The summed E-state index contributed by atoms with van der Waals surface area (Å²) in [6, 6.07) is 3.36. The van der Waals surface area contributed by atoms with Crippen molar-refractivity contribution in [3.8, 4) is 0 Å². The van der Waals surface area contributed by atoms with E-state index >= 15 is 0 Å². The smallest absolute Gasteiger partial charge is 0.181 e. The number of carbonyl (C=O) groups is 1. The van der Waals surface area contributed by atoms with Crippen LogP contribution in [0.4, 0.5) is 0 Å². The van der Waals surface area contributed by atoms with Gasteiger partial charge >= 0.3 is 0 Å². The fourth-order valence-electron chi connectivity index (χ4n) is 2.64. The van der Waals surface area contributed by atoms with Crippen molar-refractivity contribution in [3.63, 3.8) is 0 Å². The molecule has 0 aliphatic carbocycles. The number of benzene rings is 1. The van der Waals surface area contributed by atoms with Gasteiger partial charge in [-0.05, 0) is 31.5 Å². The van der Waals surface area contributed by atoms with E-state index in [1.807, 2.05) is 0 Å². The molecular formula is C14H14Cl2N2O. The molecule has 1 aliphatic heterocycles. The third-order valence-corrected chi connectivity index (χ3v) is 4.10. The Bertz CT molecular complexity index is 630. The Morgan fingerprint density at radius 1 is 1.26 bits per heavy atom. The molecule has 1 fully saturated rings. The van der Waals surface area contributed by atoms with E-state index in [9.17, 15) is 4.79 Å². The van der Waals surface area contributed by atoms with Crippen molar-refractivity contribution in [1.29, 1.82) is 0 Å². The molecule has 0 saturated carbocycles. The van der Waals surface area contributed by atoms with Crippen molar-refractivity contribution < 1.29 is 4.79 Å². The lowest BCUT2D eigenvalue weighted by molar-refractivity contribution is 0.0929. The zero-order valence-electron chi connectivity index (χ0n) is 10.3. The number of carbonyl (C=O) groups excluding carboxylic acids is 1. The van der Waals surface area contributed by atoms with Crippen LogP contribution in [0.2, 0.25) is 10.0 Å². The molecule has 100 valence electrons. The number of hydrogen-bond acceptors (Lipinski definition) is 2. The van der Waals surface area contributed by atoms with Crippen molar-refractivity contribution >= 4 is 39.9 Å². The van der Waals surface area contributed by atoms with Gasteiger partial charge in [0.1, 0.15) is 0 Å². The number of rotatable bonds is 2. The standard InChI is InChI=1S/C14H14Cl2N2O/c15-8-5-10(16)13-9(7-18-12(13)6-8)14(19)11-3-1-2-4-17-11/h5-7,11,17-18H,1-4H2. The number of fused-ring (bicyclic) bond motifs is 1. The third-order valence-electron chi connectivity index (χ3n) is 3.59. The van der Waals surface area contributed by atoms with Crippen molar-refractivity contribution in [3.05, 3.63) is 33.9 Å². The minimum Gasteiger partial charge on any atom is -0.360 e. The van der Waals surface area contributed by atoms with E-state index in [4.69, 9.17) is 23.2 Å². The van der Waals surface area contributed by atoms with E-state index in [-0.39, 0.29) is 11.8 Å². The first kappa shape index (κ1) is 13.0. The van der Waals surface area contributed by atoms with Crippen LogP contribution in [-0.4, -0.2) is 23.4 Å². The average molecular weight is 297 g/mol. The molecule has 5 heteroatoms. The van der Waals surface area contributed by atoms with Crippen molar-refractivity contribution in [2.24, 2.45) is 0 Å². The number of H-pyrrole nitrogens is 1. The number of aromatic amines is 1. The zero-order valence-corrected chi connectivity index (χ0v) is 11.8. The number of hydrogen-bond donors (Lipinski definition) is 2. The van der Waals surface area contributed by atoms with E-state index in [0.717, 1.165) is 36.7 Å². The molecule has 2 N–H and O–H groups in total. The quantitative estimate of drug-likeness (QED) is 0.828. The lowest BCUT2D eigenvalue weighted by Gasteiger charge is -2.21. The van der Waals surface area contributed by atoms with Gasteiger partial charge in [-0.15, -0.1) is 0 Å². The first-order valence-corrected chi connectivity index (χ1v) is 7.16. The van der Waals surface area contributed by atoms with Gasteiger partial charge in [0, 0.05) is 27.7 Å². The Kier molecular flexibility index (Phi) is 3.52. The number of piperidine rings is 1. The van der Waals surface area contributed by atoms with Crippen LogP contribution < -0.4 is 5.32 Å². The molecule has 1 aromatic heterocycles. The van der Waals surface area contributed by atoms with Crippen molar-refractivity contribution in [2.75, 3.05) is 6.54 Å². The number of aromatic nitrogens is 1. The van der Waals surface area contributed by atoms with Crippen LogP contribution in [0.3, 0.4) is 0 Å². The van der Waals surface area contributed by atoms with Gasteiger partial charge in [-0.25, -0.2) is 0 Å². The second-order valence-electron chi connectivity index (χ2n) is 4.88. The summed E-state index contributed by atoms with van der Waals surface area (Å²) >= 11 is 12.2. The molecule has 1 aromatic carbocycles. The lowest BCUT2D eigenvalue weighted by atomic mass is 9.96. The summed E-state index contributed by atoms with van der Waals surface area (Å²) in [4.78, 5) is 15.6. The Labute approximate surface area is 121 Å². The largest absolute Gasteiger partial charge is 0.360 e. The molecule has 1 aliphatic rings. The molecule has 0 bridgehead atoms. The zero-order chi connectivity index (χ0) is 13.4. The summed E-state index contributed by atoms with van der Waals surface area (Å²) in [7, 11) is 0. The predicted octanol–water partition coefficient (Wildman–Crippen LogP) is 3.80. The number of ketones is 1. The molecule has 1 atom stereocenters. The summed E-state index contributed by atoms with van der Waals surface area (Å²) in [6.07, 6.45) is 4.83. The summed E-state index contributed by atoms with van der Waals surface area (Å²) in [5.41, 5.74) is 1.45. The number of nitrogens with one attached hydrogen (secondary N) is 2. The van der Waals surface area contributed by atoms with E-state index in [0.29, 0.717) is 15.6 Å². The summed E-state index contributed by atoms with van der Waals surface area (Å²) in [6.45, 7) is 0.901. The molecule has 0 radical (unpaired) electrons. The number of Topliss-reactive ketones (excluding diaryl/α,β-unsaturated/α-hetero) is 1. The van der Waals surface area contributed by atoms with E-state index in [1.54, 1.807) is 18.3 Å². The molecule has 3 nitrogen and oxygen atoms in total. The molecule has 19 heavy (non-hydrogen) atoms. The molecule has 2 aromatic rings. The van der Waals surface area contributed by atoms with Crippen LogP contribution in [0.1, 0.15) is 29.6 Å². The first-order valence-electron chi connectivity index (χ1n) is 6.40. The van der Waals surface area contributed by atoms with Gasteiger partial charge in [0.15, 0.2) is 5.78 Å². The van der Waals surface area contributed by atoms with Gasteiger partial charge in [0.2, 0.25) is 0 Å². The van der Waals surface area contributed by atoms with Crippen LogP contribution >= 0.6 is 23.2 Å². The number of halogens is 2. The van der Waals surface area contributed by atoms with Crippen molar-refractivity contribution in [1.82, 2.24) is 10.3 Å². The molecule has 1 unspecified atom stereocenters. The first-order chi connectivity index (χ1) is 9.16. The topological polar surface area (TPSA) is 44.9 Å². The predicted molar refractivity (Wildman–Crippen MR) is 78.3 cm³/mol. The van der Waals surface area contributed by atoms with Crippen LogP contribution in [0, 0.1) is 0 Å². The maximum atomic E-state index is 12.5. The SMILES string of the molecule is O=C(c1c[nH]c2cc(Cl)cc(Cl)c12)C1CCCCN1. The van der Waals surface area contributed by atoms with E-state index in [2.05, 4.69) is 10.3 Å². The fraction of sp³-hybridized carbons (Fsp3) is 0.357. The highest BCUT2D eigenvalue weighted by atomic mass is 35.5. The Balaban J connectivity index is 2.03. The lowest BCUT2D eigenvalue weighted by Crippen LogP contribution is -2.40. The highest BCUT2D eigenvalue weighted by molar-refractivity contribution is 6.39. The van der Waals surface area contributed by atoms with Crippen LogP contribution in [0.5, 0.6) is 0 Å². The highest BCUT2D eigenvalue weighted by Gasteiger charge is 2.25. The second kappa shape index (κ2) is 5.16. The van der Waals surface area contributed by atoms with Crippen LogP contribution in [0.25, 0.3) is 10.9 Å². The average Bonchev–Trinajstić information content (AvgIpc) is 2.83.